The quantitative estimate of drug-likeness (QED) is 0.927. The lowest BCUT2D eigenvalue weighted by molar-refractivity contribution is -0.135. The van der Waals surface area contributed by atoms with E-state index in [0.29, 0.717) is 18.7 Å². The van der Waals surface area contributed by atoms with E-state index in [1.807, 2.05) is 24.6 Å². The molecule has 2 heterocycles. The first-order chi connectivity index (χ1) is 8.99. The molecule has 2 rings (SSSR count). The van der Waals surface area contributed by atoms with Crippen molar-refractivity contribution < 1.29 is 9.59 Å². The maximum atomic E-state index is 12.3. The van der Waals surface area contributed by atoms with E-state index in [1.54, 1.807) is 6.07 Å². The van der Waals surface area contributed by atoms with Crippen LogP contribution in [0.25, 0.3) is 0 Å². The van der Waals surface area contributed by atoms with Crippen LogP contribution in [0.3, 0.4) is 0 Å². The Morgan fingerprint density at radius 1 is 1.42 bits per heavy atom. The minimum absolute atomic E-state index is 0.0127. The first-order valence-corrected chi connectivity index (χ1v) is 7.27. The minimum Gasteiger partial charge on any atom is -0.340 e. The second kappa shape index (κ2) is 5.77. The van der Waals surface area contributed by atoms with Gasteiger partial charge in [-0.3, -0.25) is 20.0 Å². The lowest BCUT2D eigenvalue weighted by atomic mass is 10.1. The van der Waals surface area contributed by atoms with Crippen molar-refractivity contribution in [3.63, 3.8) is 0 Å². The van der Waals surface area contributed by atoms with Gasteiger partial charge < -0.3 is 4.57 Å². The summed E-state index contributed by atoms with van der Waals surface area (Å²) in [4.78, 5) is 23.9. The molecule has 1 saturated heterocycles. The van der Waals surface area contributed by atoms with Crippen molar-refractivity contribution in [2.75, 3.05) is 6.54 Å². The van der Waals surface area contributed by atoms with Crippen LogP contribution in [0.15, 0.2) is 16.7 Å². The number of carbonyl (C=O) groups excluding carboxylic acids is 2. The molecule has 1 aliphatic rings. The molecule has 0 aromatic carbocycles. The van der Waals surface area contributed by atoms with Gasteiger partial charge in [-0.2, -0.15) is 0 Å². The van der Waals surface area contributed by atoms with Crippen LogP contribution < -0.4 is 5.43 Å². The standard InChI is InChI=1S/C13H18BrN3O2/c1-9(2)16-8-10(14)7-11(16)13(19)15-17-6-4-3-5-12(17)18/h7-9H,3-6H2,1-2H3,(H,15,19). The molecule has 0 radical (unpaired) electrons. The van der Waals surface area contributed by atoms with E-state index >= 15 is 0 Å². The highest BCUT2D eigenvalue weighted by Crippen LogP contribution is 2.19. The summed E-state index contributed by atoms with van der Waals surface area (Å²) in [6, 6.07) is 1.95. The summed E-state index contributed by atoms with van der Waals surface area (Å²) in [7, 11) is 0. The highest BCUT2D eigenvalue weighted by atomic mass is 79.9. The molecular weight excluding hydrogens is 310 g/mol. The fourth-order valence-corrected chi connectivity index (χ4v) is 2.60. The van der Waals surface area contributed by atoms with Gasteiger partial charge in [0, 0.05) is 29.7 Å². The molecule has 6 heteroatoms. The van der Waals surface area contributed by atoms with Gasteiger partial charge in [-0.15, -0.1) is 0 Å². The van der Waals surface area contributed by atoms with Crippen LogP contribution in [0, 0.1) is 0 Å². The average Bonchev–Trinajstić information content (AvgIpc) is 2.74. The second-order valence-corrected chi connectivity index (χ2v) is 5.90. The van der Waals surface area contributed by atoms with Gasteiger partial charge >= 0.3 is 0 Å². The normalized spacial score (nSPS) is 16.0. The van der Waals surface area contributed by atoms with Crippen LogP contribution in [0.4, 0.5) is 0 Å². The Kier molecular flexibility index (Phi) is 4.29. The van der Waals surface area contributed by atoms with Crippen LogP contribution in [-0.4, -0.2) is 27.9 Å². The number of rotatable bonds is 3. The molecule has 104 valence electrons. The minimum atomic E-state index is -0.241. The van der Waals surface area contributed by atoms with Gasteiger partial charge in [-0.25, -0.2) is 0 Å². The van der Waals surface area contributed by atoms with Gasteiger partial charge in [0.2, 0.25) is 5.91 Å². The van der Waals surface area contributed by atoms with Gasteiger partial charge in [0.15, 0.2) is 0 Å². The molecule has 0 unspecified atom stereocenters. The maximum absolute atomic E-state index is 12.3. The lowest BCUT2D eigenvalue weighted by Crippen LogP contribution is -2.48. The molecule has 0 aliphatic carbocycles. The molecule has 19 heavy (non-hydrogen) atoms. The van der Waals surface area contributed by atoms with Crippen LogP contribution in [0.2, 0.25) is 0 Å². The fourth-order valence-electron chi connectivity index (χ4n) is 2.16. The number of nitrogens with zero attached hydrogens (tertiary/aromatic N) is 2. The molecule has 5 nitrogen and oxygen atoms in total. The van der Waals surface area contributed by atoms with E-state index in [9.17, 15) is 9.59 Å². The third-order valence-electron chi connectivity index (χ3n) is 3.16. The smallest absolute Gasteiger partial charge is 0.286 e. The van der Waals surface area contributed by atoms with Crippen molar-refractivity contribution in [1.82, 2.24) is 15.0 Å². The monoisotopic (exact) mass is 327 g/mol. The largest absolute Gasteiger partial charge is 0.340 e. The third kappa shape index (κ3) is 3.18. The predicted octanol–water partition coefficient (Wildman–Crippen LogP) is 2.49. The van der Waals surface area contributed by atoms with E-state index in [0.717, 1.165) is 17.3 Å². The Labute approximate surface area is 121 Å². The number of halogens is 1. The summed E-state index contributed by atoms with van der Waals surface area (Å²) in [6.45, 7) is 4.61. The van der Waals surface area contributed by atoms with Crippen molar-refractivity contribution in [2.45, 2.75) is 39.2 Å². The van der Waals surface area contributed by atoms with Gasteiger partial charge in [0.1, 0.15) is 5.69 Å². The summed E-state index contributed by atoms with van der Waals surface area (Å²) in [6.07, 6.45) is 4.22. The number of hydrazine groups is 1. The first-order valence-electron chi connectivity index (χ1n) is 6.47. The number of nitrogens with one attached hydrogen (secondary N) is 1. The number of amides is 2. The highest BCUT2D eigenvalue weighted by Gasteiger charge is 2.22. The summed E-state index contributed by atoms with van der Waals surface area (Å²) in [5, 5.41) is 1.43. The first kappa shape index (κ1) is 14.1. The third-order valence-corrected chi connectivity index (χ3v) is 3.60. The summed E-state index contributed by atoms with van der Waals surface area (Å²) >= 11 is 3.38. The molecule has 0 atom stereocenters. The zero-order chi connectivity index (χ0) is 14.0. The topological polar surface area (TPSA) is 54.3 Å². The van der Waals surface area contributed by atoms with E-state index in [-0.39, 0.29) is 17.9 Å². The van der Waals surface area contributed by atoms with E-state index < -0.39 is 0 Å². The zero-order valence-electron chi connectivity index (χ0n) is 11.1. The molecule has 0 spiro atoms. The molecule has 1 fully saturated rings. The Hall–Kier alpha value is -1.30. The van der Waals surface area contributed by atoms with Gasteiger partial charge in [-0.1, -0.05) is 0 Å². The number of carbonyl (C=O) groups is 2. The average molecular weight is 328 g/mol. The molecular formula is C13H18BrN3O2. The van der Waals surface area contributed by atoms with Crippen LogP contribution >= 0.6 is 15.9 Å². The number of hydrogen-bond donors (Lipinski definition) is 1. The predicted molar refractivity (Wildman–Crippen MR) is 75.5 cm³/mol. The molecule has 0 bridgehead atoms. The number of aromatic nitrogens is 1. The molecule has 1 aromatic heterocycles. The summed E-state index contributed by atoms with van der Waals surface area (Å²) < 4.78 is 2.74. The van der Waals surface area contributed by atoms with E-state index in [2.05, 4.69) is 21.4 Å². The molecule has 1 aliphatic heterocycles. The Morgan fingerprint density at radius 2 is 2.16 bits per heavy atom. The summed E-state index contributed by atoms with van der Waals surface area (Å²) in [5.41, 5.74) is 3.25. The molecule has 0 saturated carbocycles. The maximum Gasteiger partial charge on any atom is 0.286 e. The van der Waals surface area contributed by atoms with Gasteiger partial charge in [-0.05, 0) is 48.7 Å². The fraction of sp³-hybridized carbons (Fsp3) is 0.538. The Balaban J connectivity index is 2.13. The zero-order valence-corrected chi connectivity index (χ0v) is 12.7. The highest BCUT2D eigenvalue weighted by molar-refractivity contribution is 9.10. The summed E-state index contributed by atoms with van der Waals surface area (Å²) in [5.74, 6) is -0.254. The van der Waals surface area contributed by atoms with Crippen LogP contribution in [0.1, 0.15) is 49.6 Å². The SMILES string of the molecule is CC(C)n1cc(Br)cc1C(=O)NN1CCCCC1=O. The second-order valence-electron chi connectivity index (χ2n) is 4.99. The van der Waals surface area contributed by atoms with Crippen molar-refractivity contribution in [3.05, 3.63) is 22.4 Å². The van der Waals surface area contributed by atoms with Gasteiger partial charge in [0.25, 0.3) is 5.91 Å². The number of piperidine rings is 1. The molecule has 1 aromatic rings. The Morgan fingerprint density at radius 3 is 2.79 bits per heavy atom. The van der Waals surface area contributed by atoms with Crippen LogP contribution in [-0.2, 0) is 4.79 Å². The lowest BCUT2D eigenvalue weighted by Gasteiger charge is -2.27. The van der Waals surface area contributed by atoms with E-state index in [1.165, 1.54) is 5.01 Å². The van der Waals surface area contributed by atoms with E-state index in [4.69, 9.17) is 0 Å². The van der Waals surface area contributed by atoms with Crippen molar-refractivity contribution >= 4 is 27.7 Å². The molecule has 1 N–H and O–H groups in total. The van der Waals surface area contributed by atoms with Crippen LogP contribution in [0.5, 0.6) is 0 Å². The van der Waals surface area contributed by atoms with Gasteiger partial charge in [0.05, 0.1) is 0 Å². The Bertz CT molecular complexity index is 496. The van der Waals surface area contributed by atoms with Crippen molar-refractivity contribution in [3.8, 4) is 0 Å². The molecule has 2 amide bonds. The van der Waals surface area contributed by atoms with Crippen molar-refractivity contribution in [2.24, 2.45) is 0 Å². The van der Waals surface area contributed by atoms with Crippen molar-refractivity contribution in [1.29, 1.82) is 0 Å². The number of hydrogen-bond acceptors (Lipinski definition) is 2.